The third kappa shape index (κ3) is 3.00. The van der Waals surface area contributed by atoms with Gasteiger partial charge in [-0.05, 0) is 30.7 Å². The number of fused-ring (bicyclic) bond motifs is 1. The minimum atomic E-state index is -4.51. The van der Waals surface area contributed by atoms with Crippen LogP contribution < -0.4 is 5.32 Å². The third-order valence-electron chi connectivity index (χ3n) is 4.37. The number of H-pyrrole nitrogens is 1. The van der Waals surface area contributed by atoms with E-state index in [9.17, 15) is 18.4 Å². The molecule has 0 bridgehead atoms. The molecule has 3 heterocycles. The lowest BCUT2D eigenvalue weighted by molar-refractivity contribution is -0.137. The lowest BCUT2D eigenvalue weighted by Crippen LogP contribution is -2.05. The Morgan fingerprint density at radius 2 is 2.00 bits per heavy atom. The quantitative estimate of drug-likeness (QED) is 0.668. The number of alkyl halides is 3. The number of hydrogen-bond donors (Lipinski definition) is 2. The first-order valence-electron chi connectivity index (χ1n) is 7.97. The normalized spacial score (nSPS) is 13.1. The van der Waals surface area contributed by atoms with Gasteiger partial charge >= 0.3 is 6.18 Å². The lowest BCUT2D eigenvalue weighted by Gasteiger charge is -2.10. The first-order chi connectivity index (χ1) is 12.9. The highest BCUT2D eigenvalue weighted by atomic mass is 35.5. The van der Waals surface area contributed by atoms with E-state index in [2.05, 4.69) is 20.3 Å². The molecule has 136 valence electrons. The van der Waals surface area contributed by atoms with Crippen LogP contribution in [0.1, 0.15) is 16.7 Å². The van der Waals surface area contributed by atoms with Gasteiger partial charge in [0, 0.05) is 22.7 Å². The summed E-state index contributed by atoms with van der Waals surface area (Å²) in [6.07, 6.45) is -2.40. The smallest absolute Gasteiger partial charge is 0.369 e. The van der Waals surface area contributed by atoms with Crippen LogP contribution in [0.2, 0.25) is 5.02 Å². The molecule has 0 radical (unpaired) electrons. The van der Waals surface area contributed by atoms with Crippen LogP contribution in [0.15, 0.2) is 30.6 Å². The SMILES string of the molecule is N#Cc1cc(-c2ncnc3c2CCN3)[nH]c1-c1cc(C(F)(F)F)ccc1Cl. The monoisotopic (exact) mass is 389 g/mol. The van der Waals surface area contributed by atoms with Crippen LogP contribution in [0.5, 0.6) is 0 Å². The maximum atomic E-state index is 13.1. The summed E-state index contributed by atoms with van der Waals surface area (Å²) < 4.78 is 39.2. The van der Waals surface area contributed by atoms with Crippen LogP contribution >= 0.6 is 11.6 Å². The van der Waals surface area contributed by atoms with Crippen LogP contribution in [-0.2, 0) is 12.6 Å². The number of rotatable bonds is 2. The van der Waals surface area contributed by atoms with Gasteiger partial charge in [-0.2, -0.15) is 18.4 Å². The average Bonchev–Trinajstić information content (AvgIpc) is 3.27. The Labute approximate surface area is 156 Å². The Kier molecular flexibility index (Phi) is 4.04. The van der Waals surface area contributed by atoms with Gasteiger partial charge in [0.05, 0.1) is 28.2 Å². The minimum absolute atomic E-state index is 0.109. The van der Waals surface area contributed by atoms with Crippen molar-refractivity contribution in [2.45, 2.75) is 12.6 Å². The Bertz CT molecular complexity index is 1080. The predicted octanol–water partition coefficient (Wildman–Crippen LogP) is 4.65. The number of aromatic amines is 1. The van der Waals surface area contributed by atoms with E-state index in [1.54, 1.807) is 6.07 Å². The molecule has 1 aromatic carbocycles. The molecule has 0 unspecified atom stereocenters. The summed E-state index contributed by atoms with van der Waals surface area (Å²) >= 11 is 6.13. The van der Waals surface area contributed by atoms with Gasteiger partial charge in [-0.3, -0.25) is 0 Å². The van der Waals surface area contributed by atoms with E-state index in [1.807, 2.05) is 6.07 Å². The van der Waals surface area contributed by atoms with Gasteiger partial charge in [0.25, 0.3) is 0 Å². The lowest BCUT2D eigenvalue weighted by atomic mass is 10.0. The number of benzene rings is 1. The maximum absolute atomic E-state index is 13.1. The molecule has 4 rings (SSSR count). The zero-order valence-electron chi connectivity index (χ0n) is 13.7. The molecule has 9 heteroatoms. The number of halogens is 4. The van der Waals surface area contributed by atoms with Crippen molar-refractivity contribution < 1.29 is 13.2 Å². The molecular formula is C18H11ClF3N5. The summed E-state index contributed by atoms with van der Waals surface area (Å²) in [6, 6.07) is 6.59. The summed E-state index contributed by atoms with van der Waals surface area (Å²) in [5.74, 6) is 0.715. The molecule has 0 saturated heterocycles. The van der Waals surface area contributed by atoms with Gasteiger partial charge in [-0.1, -0.05) is 11.6 Å². The standard InChI is InChI=1S/C18H11ClF3N5/c19-13-2-1-10(18(20,21)22)6-12(13)15-9(7-23)5-14(27-15)16-11-3-4-24-17(11)26-8-25-16/h1-2,5-6,8,27H,3-4H2,(H,24,25,26). The molecule has 2 N–H and O–H groups in total. The second-order valence-corrected chi connectivity index (χ2v) is 6.41. The molecule has 2 aromatic heterocycles. The topological polar surface area (TPSA) is 77.4 Å². The summed E-state index contributed by atoms with van der Waals surface area (Å²) in [5, 5.41) is 12.7. The summed E-state index contributed by atoms with van der Waals surface area (Å²) in [5.41, 5.74) is 1.71. The summed E-state index contributed by atoms with van der Waals surface area (Å²) in [6.45, 7) is 0.721. The van der Waals surface area contributed by atoms with Gasteiger partial charge in [-0.25, -0.2) is 9.97 Å². The zero-order valence-corrected chi connectivity index (χ0v) is 14.4. The predicted molar refractivity (Wildman–Crippen MR) is 94.2 cm³/mol. The molecule has 5 nitrogen and oxygen atoms in total. The molecule has 27 heavy (non-hydrogen) atoms. The Balaban J connectivity index is 1.88. The fraction of sp³-hybridized carbons (Fsp3) is 0.167. The van der Waals surface area contributed by atoms with Crippen molar-refractivity contribution in [3.63, 3.8) is 0 Å². The zero-order chi connectivity index (χ0) is 19.2. The molecule has 0 fully saturated rings. The summed E-state index contributed by atoms with van der Waals surface area (Å²) in [4.78, 5) is 11.5. The first kappa shape index (κ1) is 17.4. The van der Waals surface area contributed by atoms with Gasteiger partial charge < -0.3 is 10.3 Å². The third-order valence-corrected chi connectivity index (χ3v) is 4.70. The van der Waals surface area contributed by atoms with Crippen molar-refractivity contribution in [2.75, 3.05) is 11.9 Å². The molecule has 0 atom stereocenters. The molecule has 0 amide bonds. The van der Waals surface area contributed by atoms with Crippen LogP contribution in [0.3, 0.4) is 0 Å². The van der Waals surface area contributed by atoms with Crippen molar-refractivity contribution in [3.8, 4) is 28.7 Å². The van der Waals surface area contributed by atoms with E-state index in [0.717, 1.165) is 24.2 Å². The fourth-order valence-electron chi connectivity index (χ4n) is 3.12. The fourth-order valence-corrected chi connectivity index (χ4v) is 3.33. The van der Waals surface area contributed by atoms with Crippen molar-refractivity contribution in [3.05, 3.63) is 52.3 Å². The van der Waals surface area contributed by atoms with E-state index < -0.39 is 11.7 Å². The highest BCUT2D eigenvalue weighted by molar-refractivity contribution is 6.33. The number of nitriles is 1. The van der Waals surface area contributed by atoms with Crippen LogP contribution in [0, 0.1) is 11.3 Å². The first-order valence-corrected chi connectivity index (χ1v) is 8.34. The largest absolute Gasteiger partial charge is 0.416 e. The van der Waals surface area contributed by atoms with Crippen molar-refractivity contribution >= 4 is 17.4 Å². The number of hydrogen-bond acceptors (Lipinski definition) is 4. The van der Waals surface area contributed by atoms with E-state index in [1.165, 1.54) is 12.4 Å². The van der Waals surface area contributed by atoms with Crippen molar-refractivity contribution in [1.29, 1.82) is 5.26 Å². The van der Waals surface area contributed by atoms with Gasteiger partial charge in [-0.15, -0.1) is 0 Å². The average molecular weight is 390 g/mol. The van der Waals surface area contributed by atoms with Crippen LogP contribution in [0.25, 0.3) is 22.6 Å². The van der Waals surface area contributed by atoms with Crippen LogP contribution in [-0.4, -0.2) is 21.5 Å². The molecule has 1 aliphatic rings. The molecule has 0 spiro atoms. The molecule has 1 aliphatic heterocycles. The van der Waals surface area contributed by atoms with Crippen molar-refractivity contribution in [1.82, 2.24) is 15.0 Å². The Morgan fingerprint density at radius 3 is 2.74 bits per heavy atom. The molecule has 3 aromatic rings. The molecule has 0 aliphatic carbocycles. The van der Waals surface area contributed by atoms with Crippen molar-refractivity contribution in [2.24, 2.45) is 0 Å². The second kappa shape index (κ2) is 6.28. The van der Waals surface area contributed by atoms with E-state index in [0.29, 0.717) is 23.6 Å². The minimum Gasteiger partial charge on any atom is -0.369 e. The van der Waals surface area contributed by atoms with Gasteiger partial charge in [0.1, 0.15) is 18.2 Å². The summed E-state index contributed by atoms with van der Waals surface area (Å²) in [7, 11) is 0. The Hall–Kier alpha value is -3.05. The van der Waals surface area contributed by atoms with Crippen LogP contribution in [0.4, 0.5) is 19.0 Å². The molecule has 0 saturated carbocycles. The number of nitrogens with zero attached hydrogens (tertiary/aromatic N) is 3. The highest BCUT2D eigenvalue weighted by Crippen LogP contribution is 2.38. The Morgan fingerprint density at radius 1 is 1.19 bits per heavy atom. The number of nitrogens with one attached hydrogen (secondary N) is 2. The second-order valence-electron chi connectivity index (χ2n) is 6.00. The highest BCUT2D eigenvalue weighted by Gasteiger charge is 2.31. The maximum Gasteiger partial charge on any atom is 0.416 e. The molecular weight excluding hydrogens is 379 g/mol. The number of anilines is 1. The van der Waals surface area contributed by atoms with E-state index in [-0.39, 0.29) is 21.8 Å². The van der Waals surface area contributed by atoms with Gasteiger partial charge in [0.2, 0.25) is 0 Å². The van der Waals surface area contributed by atoms with E-state index >= 15 is 0 Å². The number of aromatic nitrogens is 3. The van der Waals surface area contributed by atoms with Gasteiger partial charge in [0.15, 0.2) is 0 Å². The van der Waals surface area contributed by atoms with E-state index in [4.69, 9.17) is 11.6 Å².